The topological polar surface area (TPSA) is 101 Å². The summed E-state index contributed by atoms with van der Waals surface area (Å²) in [7, 11) is 0. The summed E-state index contributed by atoms with van der Waals surface area (Å²) in [5.41, 5.74) is 2.18. The first kappa shape index (κ1) is 16.4. The molecular formula is C17H21N7O2. The summed E-state index contributed by atoms with van der Waals surface area (Å²) in [5.74, 6) is 1.47. The number of aryl methyl sites for hydroxylation is 2. The van der Waals surface area contributed by atoms with Gasteiger partial charge in [-0.15, -0.1) is 5.10 Å². The Hall–Kier alpha value is -3.10. The molecule has 0 bridgehead atoms. The number of aromatic nitrogens is 4. The highest BCUT2D eigenvalue weighted by Gasteiger charge is 2.27. The molecule has 4 heterocycles. The van der Waals surface area contributed by atoms with Crippen molar-refractivity contribution in [3.05, 3.63) is 36.0 Å². The Balaban J connectivity index is 1.38. The Labute approximate surface area is 150 Å². The first-order valence-corrected chi connectivity index (χ1v) is 8.72. The quantitative estimate of drug-likeness (QED) is 0.745. The maximum absolute atomic E-state index is 12.6. The minimum absolute atomic E-state index is 0.131. The minimum atomic E-state index is -0.131. The molecule has 0 aliphatic carbocycles. The van der Waals surface area contributed by atoms with E-state index < -0.39 is 0 Å². The second-order valence-electron chi connectivity index (χ2n) is 6.37. The third kappa shape index (κ3) is 3.07. The molecule has 1 atom stereocenters. The summed E-state index contributed by atoms with van der Waals surface area (Å²) < 4.78 is 6.95. The van der Waals surface area contributed by atoms with Crippen LogP contribution in [0.3, 0.4) is 0 Å². The third-order valence-corrected chi connectivity index (χ3v) is 4.57. The van der Waals surface area contributed by atoms with E-state index in [-0.39, 0.29) is 12.1 Å². The van der Waals surface area contributed by atoms with Gasteiger partial charge in [-0.25, -0.2) is 14.3 Å². The van der Waals surface area contributed by atoms with Crippen LogP contribution in [0.2, 0.25) is 0 Å². The monoisotopic (exact) mass is 355 g/mol. The van der Waals surface area contributed by atoms with Crippen LogP contribution in [0.25, 0.3) is 5.65 Å². The van der Waals surface area contributed by atoms with E-state index in [0.29, 0.717) is 36.7 Å². The zero-order chi connectivity index (χ0) is 18.1. The average Bonchev–Trinajstić information content (AvgIpc) is 3.36. The first-order chi connectivity index (χ1) is 12.6. The van der Waals surface area contributed by atoms with Crippen molar-refractivity contribution in [1.82, 2.24) is 24.7 Å². The van der Waals surface area contributed by atoms with Crippen LogP contribution in [0.4, 0.5) is 16.3 Å². The van der Waals surface area contributed by atoms with E-state index in [2.05, 4.69) is 25.9 Å². The van der Waals surface area contributed by atoms with E-state index in [1.165, 1.54) is 0 Å². The molecule has 0 saturated carbocycles. The molecule has 1 aliphatic rings. The van der Waals surface area contributed by atoms with Crippen molar-refractivity contribution < 1.29 is 9.32 Å². The Morgan fingerprint density at radius 3 is 3.15 bits per heavy atom. The molecule has 3 aromatic heterocycles. The first-order valence-electron chi connectivity index (χ1n) is 8.72. The number of hydrogen-bond acceptors (Lipinski definition) is 6. The Kier molecular flexibility index (Phi) is 4.19. The van der Waals surface area contributed by atoms with Crippen molar-refractivity contribution in [1.29, 1.82) is 0 Å². The number of fused-ring (bicyclic) bond motifs is 1. The van der Waals surface area contributed by atoms with E-state index in [1.54, 1.807) is 15.6 Å². The van der Waals surface area contributed by atoms with Crippen molar-refractivity contribution in [3.63, 3.8) is 0 Å². The van der Waals surface area contributed by atoms with Gasteiger partial charge < -0.3 is 20.1 Å². The molecule has 2 N–H and O–H groups in total. The van der Waals surface area contributed by atoms with Crippen LogP contribution >= 0.6 is 0 Å². The van der Waals surface area contributed by atoms with Crippen LogP contribution in [0.5, 0.6) is 0 Å². The van der Waals surface area contributed by atoms with Crippen molar-refractivity contribution in [2.45, 2.75) is 32.7 Å². The van der Waals surface area contributed by atoms with Gasteiger partial charge in [-0.2, -0.15) is 0 Å². The molecular weight excluding hydrogens is 334 g/mol. The van der Waals surface area contributed by atoms with Gasteiger partial charge in [-0.1, -0.05) is 12.1 Å². The van der Waals surface area contributed by atoms with Gasteiger partial charge in [-0.05, 0) is 25.5 Å². The largest absolute Gasteiger partial charge is 0.364 e. The molecule has 0 radical (unpaired) electrons. The molecule has 1 saturated heterocycles. The number of anilines is 2. The lowest BCUT2D eigenvalue weighted by atomic mass is 10.2. The number of urea groups is 1. The molecule has 2 amide bonds. The summed E-state index contributed by atoms with van der Waals surface area (Å²) in [6.07, 6.45) is 5.07. The van der Waals surface area contributed by atoms with Crippen molar-refractivity contribution in [2.24, 2.45) is 0 Å². The number of carbonyl (C=O) groups is 1. The van der Waals surface area contributed by atoms with Gasteiger partial charge in [0.25, 0.3) is 0 Å². The second kappa shape index (κ2) is 6.66. The Morgan fingerprint density at radius 2 is 2.31 bits per heavy atom. The molecule has 136 valence electrons. The summed E-state index contributed by atoms with van der Waals surface area (Å²) in [4.78, 5) is 18.5. The van der Waals surface area contributed by atoms with E-state index in [4.69, 9.17) is 4.52 Å². The predicted molar refractivity (Wildman–Crippen MR) is 96.2 cm³/mol. The highest BCUT2D eigenvalue weighted by molar-refractivity contribution is 5.90. The van der Waals surface area contributed by atoms with Gasteiger partial charge in [0.15, 0.2) is 11.4 Å². The van der Waals surface area contributed by atoms with Gasteiger partial charge in [-0.3, -0.25) is 0 Å². The molecule has 3 aromatic rings. The second-order valence-corrected chi connectivity index (χ2v) is 6.37. The normalized spacial score (nSPS) is 17.0. The van der Waals surface area contributed by atoms with Crippen LogP contribution in [-0.2, 0) is 6.42 Å². The van der Waals surface area contributed by atoms with Gasteiger partial charge in [0, 0.05) is 37.9 Å². The Bertz CT molecular complexity index is 932. The molecule has 0 spiro atoms. The highest BCUT2D eigenvalue weighted by atomic mass is 16.5. The maximum atomic E-state index is 12.6. The molecule has 0 aromatic carbocycles. The van der Waals surface area contributed by atoms with Gasteiger partial charge >= 0.3 is 6.03 Å². The highest BCUT2D eigenvalue weighted by Crippen LogP contribution is 2.22. The summed E-state index contributed by atoms with van der Waals surface area (Å²) in [6, 6.07) is 3.84. The van der Waals surface area contributed by atoms with E-state index in [0.717, 1.165) is 17.9 Å². The van der Waals surface area contributed by atoms with Gasteiger partial charge in [0.2, 0.25) is 0 Å². The molecule has 1 aliphatic heterocycles. The number of nitrogens with one attached hydrogen (secondary N) is 2. The number of amides is 2. The van der Waals surface area contributed by atoms with Crippen LogP contribution in [0.1, 0.15) is 24.8 Å². The molecule has 1 fully saturated rings. The van der Waals surface area contributed by atoms with Crippen LogP contribution < -0.4 is 10.6 Å². The zero-order valence-electron chi connectivity index (χ0n) is 14.8. The molecule has 4 rings (SSSR count). The average molecular weight is 355 g/mol. The fourth-order valence-corrected chi connectivity index (χ4v) is 3.17. The smallest absolute Gasteiger partial charge is 0.322 e. The predicted octanol–water partition coefficient (Wildman–Crippen LogP) is 2.31. The maximum Gasteiger partial charge on any atom is 0.322 e. The van der Waals surface area contributed by atoms with E-state index in [9.17, 15) is 4.79 Å². The summed E-state index contributed by atoms with van der Waals surface area (Å²) in [6.45, 7) is 5.09. The van der Waals surface area contributed by atoms with Crippen LogP contribution in [-0.4, -0.2) is 49.8 Å². The minimum Gasteiger partial charge on any atom is -0.364 e. The molecule has 9 nitrogen and oxygen atoms in total. The van der Waals surface area contributed by atoms with Crippen molar-refractivity contribution in [2.75, 3.05) is 23.7 Å². The number of carbonyl (C=O) groups excluding carboxylic acids is 1. The number of imidazole rings is 1. The fraction of sp³-hybridized carbons (Fsp3) is 0.412. The fourth-order valence-electron chi connectivity index (χ4n) is 3.17. The lowest BCUT2D eigenvalue weighted by Gasteiger charge is -2.18. The number of nitrogens with zero attached hydrogens (tertiary/aromatic N) is 5. The SMILES string of the molecule is CCc1onc(C)c1NC(=O)N1CC[C@@H](Nc2ccc3nccn3n2)C1. The van der Waals surface area contributed by atoms with E-state index in [1.807, 2.05) is 32.2 Å². The number of likely N-dealkylation sites (tertiary alicyclic amines) is 1. The molecule has 9 heteroatoms. The third-order valence-electron chi connectivity index (χ3n) is 4.57. The lowest BCUT2D eigenvalue weighted by Crippen LogP contribution is -2.35. The van der Waals surface area contributed by atoms with Gasteiger partial charge in [0.05, 0.1) is 0 Å². The van der Waals surface area contributed by atoms with Crippen LogP contribution in [0.15, 0.2) is 29.0 Å². The molecule has 26 heavy (non-hydrogen) atoms. The van der Waals surface area contributed by atoms with Gasteiger partial charge in [0.1, 0.15) is 17.2 Å². The summed E-state index contributed by atoms with van der Waals surface area (Å²) >= 11 is 0. The summed E-state index contributed by atoms with van der Waals surface area (Å²) in [5, 5.41) is 14.7. The van der Waals surface area contributed by atoms with Crippen molar-refractivity contribution in [3.8, 4) is 0 Å². The standard InChI is InChI=1S/C17H21N7O2/c1-3-13-16(11(2)22-26-13)20-17(25)23-8-6-12(10-23)19-14-4-5-15-18-7-9-24(15)21-14/h4-5,7,9,12H,3,6,8,10H2,1-2H3,(H,19,21)(H,20,25)/t12-/m1/s1. The number of rotatable bonds is 4. The Morgan fingerprint density at radius 1 is 1.42 bits per heavy atom. The number of hydrogen-bond donors (Lipinski definition) is 2. The van der Waals surface area contributed by atoms with Crippen LogP contribution in [0, 0.1) is 6.92 Å². The lowest BCUT2D eigenvalue weighted by molar-refractivity contribution is 0.222. The molecule has 0 unspecified atom stereocenters. The van der Waals surface area contributed by atoms with Crippen molar-refractivity contribution >= 4 is 23.2 Å². The zero-order valence-corrected chi connectivity index (χ0v) is 14.8. The van der Waals surface area contributed by atoms with E-state index >= 15 is 0 Å².